The summed E-state index contributed by atoms with van der Waals surface area (Å²) in [4.78, 5) is 10.8. The average molecular weight is 319 g/mol. The van der Waals surface area contributed by atoms with E-state index in [0.29, 0.717) is 30.3 Å². The van der Waals surface area contributed by atoms with Crippen LogP contribution in [0.4, 0.5) is 5.82 Å². The topological polar surface area (TPSA) is 83.4 Å². The first kappa shape index (κ1) is 14.8. The molecule has 7 heteroatoms. The van der Waals surface area contributed by atoms with E-state index < -0.39 is 9.84 Å². The predicted octanol–water partition coefficient (Wildman–Crippen LogP) is 1.39. The summed E-state index contributed by atoms with van der Waals surface area (Å²) < 4.78 is 23.1. The van der Waals surface area contributed by atoms with Gasteiger partial charge in [-0.15, -0.1) is 0 Å². The van der Waals surface area contributed by atoms with E-state index in [1.807, 2.05) is 24.0 Å². The van der Waals surface area contributed by atoms with Crippen LogP contribution in [0.3, 0.4) is 0 Å². The molecule has 1 aromatic carbocycles. The van der Waals surface area contributed by atoms with Crippen molar-refractivity contribution in [2.45, 2.75) is 6.92 Å². The zero-order valence-electron chi connectivity index (χ0n) is 12.2. The van der Waals surface area contributed by atoms with Gasteiger partial charge in [-0.1, -0.05) is 12.1 Å². The summed E-state index contributed by atoms with van der Waals surface area (Å²) in [7, 11) is -2.93. The Kier molecular flexibility index (Phi) is 3.74. The molecule has 0 aliphatic carbocycles. The summed E-state index contributed by atoms with van der Waals surface area (Å²) in [6.07, 6.45) is 0. The minimum atomic E-state index is -2.93. The second kappa shape index (κ2) is 5.57. The molecule has 0 amide bonds. The second-order valence-corrected chi connectivity index (χ2v) is 7.65. The number of rotatable bonds is 2. The van der Waals surface area contributed by atoms with Crippen molar-refractivity contribution in [3.8, 4) is 17.1 Å². The molecule has 6 nitrogen and oxygen atoms in total. The molecule has 0 radical (unpaired) electrons. The van der Waals surface area contributed by atoms with Crippen molar-refractivity contribution in [2.75, 3.05) is 29.5 Å². The van der Waals surface area contributed by atoms with E-state index in [4.69, 9.17) is 0 Å². The molecule has 0 saturated carbocycles. The van der Waals surface area contributed by atoms with Crippen LogP contribution in [-0.4, -0.2) is 48.1 Å². The number of aryl methyl sites for hydroxylation is 1. The Hall–Kier alpha value is -2.15. The molecule has 0 spiro atoms. The number of para-hydroxylation sites is 1. The SMILES string of the molecule is Cc1cc(N2CCS(=O)(=O)CC2)nc(-c2ccccc2O)n1. The van der Waals surface area contributed by atoms with Gasteiger partial charge in [0.25, 0.3) is 0 Å². The minimum Gasteiger partial charge on any atom is -0.507 e. The molecule has 0 bridgehead atoms. The summed E-state index contributed by atoms with van der Waals surface area (Å²) in [6.45, 7) is 2.72. The van der Waals surface area contributed by atoms with Crippen molar-refractivity contribution in [3.05, 3.63) is 36.0 Å². The van der Waals surface area contributed by atoms with E-state index in [1.165, 1.54) is 0 Å². The van der Waals surface area contributed by atoms with Gasteiger partial charge in [0.2, 0.25) is 0 Å². The van der Waals surface area contributed by atoms with Gasteiger partial charge < -0.3 is 10.0 Å². The predicted molar refractivity (Wildman–Crippen MR) is 84.7 cm³/mol. The number of hydrogen-bond donors (Lipinski definition) is 1. The van der Waals surface area contributed by atoms with Gasteiger partial charge in [-0.05, 0) is 19.1 Å². The molecule has 3 rings (SSSR count). The van der Waals surface area contributed by atoms with Crippen molar-refractivity contribution < 1.29 is 13.5 Å². The molecule has 0 unspecified atom stereocenters. The number of nitrogens with zero attached hydrogens (tertiary/aromatic N) is 3. The fourth-order valence-electron chi connectivity index (χ4n) is 2.44. The van der Waals surface area contributed by atoms with Crippen molar-refractivity contribution in [1.82, 2.24) is 9.97 Å². The largest absolute Gasteiger partial charge is 0.507 e. The number of phenols is 1. The average Bonchev–Trinajstić information content (AvgIpc) is 2.47. The Labute approximate surface area is 129 Å². The van der Waals surface area contributed by atoms with Crippen LogP contribution in [0.15, 0.2) is 30.3 Å². The number of hydrogen-bond acceptors (Lipinski definition) is 6. The lowest BCUT2D eigenvalue weighted by Gasteiger charge is -2.28. The molecule has 22 heavy (non-hydrogen) atoms. The number of aromatic nitrogens is 2. The molecular weight excluding hydrogens is 302 g/mol. The van der Waals surface area contributed by atoms with Gasteiger partial charge in [0.05, 0.1) is 17.1 Å². The lowest BCUT2D eigenvalue weighted by molar-refractivity contribution is 0.477. The number of phenolic OH excluding ortho intramolecular Hbond substituents is 1. The normalized spacial score (nSPS) is 17.4. The Morgan fingerprint density at radius 3 is 2.50 bits per heavy atom. The highest BCUT2D eigenvalue weighted by Gasteiger charge is 2.23. The molecule has 1 saturated heterocycles. The second-order valence-electron chi connectivity index (χ2n) is 5.35. The van der Waals surface area contributed by atoms with E-state index in [9.17, 15) is 13.5 Å². The van der Waals surface area contributed by atoms with Crippen molar-refractivity contribution in [2.24, 2.45) is 0 Å². The molecule has 1 N–H and O–H groups in total. The monoisotopic (exact) mass is 319 g/mol. The van der Waals surface area contributed by atoms with E-state index in [-0.39, 0.29) is 17.3 Å². The maximum atomic E-state index is 11.5. The fourth-order valence-corrected chi connectivity index (χ4v) is 3.64. The van der Waals surface area contributed by atoms with Crippen LogP contribution in [0.25, 0.3) is 11.4 Å². The van der Waals surface area contributed by atoms with Gasteiger partial charge in [0.1, 0.15) is 11.6 Å². The Morgan fingerprint density at radius 2 is 1.82 bits per heavy atom. The smallest absolute Gasteiger partial charge is 0.165 e. The summed E-state index contributed by atoms with van der Waals surface area (Å²) in [5, 5.41) is 9.95. The van der Waals surface area contributed by atoms with Crippen LogP contribution in [0, 0.1) is 6.92 Å². The molecule has 116 valence electrons. The van der Waals surface area contributed by atoms with Crippen molar-refractivity contribution in [3.63, 3.8) is 0 Å². The fraction of sp³-hybridized carbons (Fsp3) is 0.333. The van der Waals surface area contributed by atoms with Gasteiger partial charge >= 0.3 is 0 Å². The van der Waals surface area contributed by atoms with Crippen LogP contribution in [-0.2, 0) is 9.84 Å². The van der Waals surface area contributed by atoms with E-state index in [1.54, 1.807) is 18.2 Å². The number of anilines is 1. The third-order valence-electron chi connectivity index (χ3n) is 3.65. The summed E-state index contributed by atoms with van der Waals surface area (Å²) in [6, 6.07) is 8.74. The Bertz CT molecular complexity index is 791. The zero-order valence-corrected chi connectivity index (χ0v) is 13.0. The Morgan fingerprint density at radius 1 is 1.14 bits per heavy atom. The third-order valence-corrected chi connectivity index (χ3v) is 5.26. The molecule has 0 atom stereocenters. The van der Waals surface area contributed by atoms with E-state index >= 15 is 0 Å². The van der Waals surface area contributed by atoms with Crippen LogP contribution >= 0.6 is 0 Å². The highest BCUT2D eigenvalue weighted by molar-refractivity contribution is 7.91. The van der Waals surface area contributed by atoms with Crippen molar-refractivity contribution in [1.29, 1.82) is 0 Å². The minimum absolute atomic E-state index is 0.125. The lowest BCUT2D eigenvalue weighted by atomic mass is 10.2. The van der Waals surface area contributed by atoms with E-state index in [0.717, 1.165) is 5.69 Å². The van der Waals surface area contributed by atoms with Crippen LogP contribution in [0.2, 0.25) is 0 Å². The maximum absolute atomic E-state index is 11.5. The number of aromatic hydroxyl groups is 1. The van der Waals surface area contributed by atoms with Gasteiger partial charge in [0, 0.05) is 24.8 Å². The van der Waals surface area contributed by atoms with Gasteiger partial charge in [-0.25, -0.2) is 18.4 Å². The van der Waals surface area contributed by atoms with Crippen LogP contribution in [0.5, 0.6) is 5.75 Å². The third kappa shape index (κ3) is 3.04. The molecule has 2 aromatic rings. The van der Waals surface area contributed by atoms with Crippen molar-refractivity contribution >= 4 is 15.7 Å². The molecule has 1 aromatic heterocycles. The molecule has 1 aliphatic rings. The first-order valence-electron chi connectivity index (χ1n) is 7.04. The summed E-state index contributed by atoms with van der Waals surface area (Å²) in [5.74, 6) is 1.55. The molecule has 1 aliphatic heterocycles. The molecule has 2 heterocycles. The number of benzene rings is 1. The molecular formula is C15H17N3O3S. The first-order valence-corrected chi connectivity index (χ1v) is 8.86. The highest BCUT2D eigenvalue weighted by atomic mass is 32.2. The van der Waals surface area contributed by atoms with Crippen LogP contribution < -0.4 is 4.90 Å². The summed E-state index contributed by atoms with van der Waals surface area (Å²) in [5.41, 5.74) is 1.34. The Balaban J connectivity index is 1.96. The number of sulfone groups is 1. The highest BCUT2D eigenvalue weighted by Crippen LogP contribution is 2.28. The summed E-state index contributed by atoms with van der Waals surface area (Å²) >= 11 is 0. The maximum Gasteiger partial charge on any atom is 0.165 e. The van der Waals surface area contributed by atoms with E-state index in [2.05, 4.69) is 9.97 Å². The first-order chi connectivity index (χ1) is 10.4. The molecule has 1 fully saturated rings. The lowest BCUT2D eigenvalue weighted by Crippen LogP contribution is -2.40. The van der Waals surface area contributed by atoms with Gasteiger partial charge in [-0.3, -0.25) is 0 Å². The van der Waals surface area contributed by atoms with Gasteiger partial charge in [-0.2, -0.15) is 0 Å². The quantitative estimate of drug-likeness (QED) is 0.900. The van der Waals surface area contributed by atoms with Gasteiger partial charge in [0.15, 0.2) is 15.7 Å². The standard InChI is InChI=1S/C15H17N3O3S/c1-11-10-14(18-6-8-22(20,21)9-7-18)17-15(16-11)12-4-2-3-5-13(12)19/h2-5,10,19H,6-9H2,1H3. The zero-order chi connectivity index (χ0) is 15.7. The van der Waals surface area contributed by atoms with Crippen LogP contribution in [0.1, 0.15) is 5.69 Å².